The lowest BCUT2D eigenvalue weighted by Gasteiger charge is -2.32. The van der Waals surface area contributed by atoms with Crippen LogP contribution in [-0.4, -0.2) is 42.7 Å². The average molecular weight is 255 g/mol. The van der Waals surface area contributed by atoms with E-state index in [-0.39, 0.29) is 26.1 Å². The Kier molecular flexibility index (Phi) is 7.13. The number of halogens is 3. The molecule has 0 saturated heterocycles. The van der Waals surface area contributed by atoms with Crippen molar-refractivity contribution in [1.82, 2.24) is 4.90 Å². The SMILES string of the molecule is CCCCN(CC(N)=O)C(CCN)C(F)(F)F. The van der Waals surface area contributed by atoms with Gasteiger partial charge in [-0.1, -0.05) is 13.3 Å². The molecule has 0 saturated carbocycles. The summed E-state index contributed by atoms with van der Waals surface area (Å²) in [7, 11) is 0. The summed E-state index contributed by atoms with van der Waals surface area (Å²) in [4.78, 5) is 11.9. The maximum absolute atomic E-state index is 12.8. The fourth-order valence-electron chi connectivity index (χ4n) is 1.62. The van der Waals surface area contributed by atoms with Crippen LogP contribution in [0.2, 0.25) is 0 Å². The molecule has 4 nitrogen and oxygen atoms in total. The highest BCUT2D eigenvalue weighted by atomic mass is 19.4. The molecule has 0 aromatic carbocycles. The number of carbonyl (C=O) groups is 1. The van der Waals surface area contributed by atoms with Gasteiger partial charge in [-0.3, -0.25) is 9.69 Å². The quantitative estimate of drug-likeness (QED) is 0.675. The minimum Gasteiger partial charge on any atom is -0.369 e. The number of alkyl halides is 3. The minimum absolute atomic E-state index is 0.0778. The second-order valence-electron chi connectivity index (χ2n) is 3.93. The molecule has 0 spiro atoms. The minimum atomic E-state index is -4.39. The molecule has 0 aliphatic carbocycles. The zero-order valence-electron chi connectivity index (χ0n) is 9.96. The van der Waals surface area contributed by atoms with Crippen molar-refractivity contribution in [2.75, 3.05) is 19.6 Å². The molecular weight excluding hydrogens is 235 g/mol. The van der Waals surface area contributed by atoms with Gasteiger partial charge in [-0.15, -0.1) is 0 Å². The molecule has 0 radical (unpaired) electrons. The van der Waals surface area contributed by atoms with Crippen LogP contribution in [0, 0.1) is 0 Å². The van der Waals surface area contributed by atoms with Gasteiger partial charge >= 0.3 is 6.18 Å². The third kappa shape index (κ3) is 6.48. The highest BCUT2D eigenvalue weighted by molar-refractivity contribution is 5.75. The average Bonchev–Trinajstić information content (AvgIpc) is 2.19. The topological polar surface area (TPSA) is 72.3 Å². The van der Waals surface area contributed by atoms with Gasteiger partial charge in [-0.2, -0.15) is 13.2 Å². The summed E-state index contributed by atoms with van der Waals surface area (Å²) in [5.74, 6) is -0.757. The lowest BCUT2D eigenvalue weighted by molar-refractivity contribution is -0.185. The molecule has 0 fully saturated rings. The number of nitrogens with two attached hydrogens (primary N) is 2. The molecule has 0 aromatic heterocycles. The van der Waals surface area contributed by atoms with Crippen molar-refractivity contribution in [3.63, 3.8) is 0 Å². The first-order valence-electron chi connectivity index (χ1n) is 5.62. The van der Waals surface area contributed by atoms with Crippen LogP contribution in [0.5, 0.6) is 0 Å². The molecular formula is C10H20F3N3O. The van der Waals surface area contributed by atoms with Crippen LogP contribution >= 0.6 is 0 Å². The Hall–Kier alpha value is -0.820. The van der Waals surface area contributed by atoms with E-state index < -0.39 is 18.1 Å². The van der Waals surface area contributed by atoms with Crippen LogP contribution in [0.15, 0.2) is 0 Å². The summed E-state index contributed by atoms with van der Waals surface area (Å²) in [6.45, 7) is 1.60. The number of rotatable bonds is 8. The first-order chi connectivity index (χ1) is 7.82. The summed E-state index contributed by atoms with van der Waals surface area (Å²) < 4.78 is 38.4. The van der Waals surface area contributed by atoms with Crippen molar-refractivity contribution in [2.24, 2.45) is 11.5 Å². The van der Waals surface area contributed by atoms with E-state index in [4.69, 9.17) is 11.5 Å². The smallest absolute Gasteiger partial charge is 0.369 e. The second-order valence-corrected chi connectivity index (χ2v) is 3.93. The van der Waals surface area contributed by atoms with Crippen molar-refractivity contribution in [1.29, 1.82) is 0 Å². The fraction of sp³-hybridized carbons (Fsp3) is 0.900. The molecule has 0 bridgehead atoms. The van der Waals surface area contributed by atoms with Crippen LogP contribution in [0.4, 0.5) is 13.2 Å². The molecule has 0 aliphatic rings. The fourth-order valence-corrected chi connectivity index (χ4v) is 1.62. The molecule has 0 aliphatic heterocycles. The molecule has 0 rings (SSSR count). The van der Waals surface area contributed by atoms with Crippen molar-refractivity contribution in [2.45, 2.75) is 38.4 Å². The van der Waals surface area contributed by atoms with Crippen LogP contribution < -0.4 is 11.5 Å². The Labute approximate surface area is 99.1 Å². The lowest BCUT2D eigenvalue weighted by atomic mass is 10.1. The summed E-state index contributed by atoms with van der Waals surface area (Å²) in [6.07, 6.45) is -3.27. The van der Waals surface area contributed by atoms with E-state index in [1.807, 2.05) is 6.92 Å². The van der Waals surface area contributed by atoms with E-state index in [0.29, 0.717) is 6.42 Å². The van der Waals surface area contributed by atoms with Gasteiger partial charge in [0.2, 0.25) is 5.91 Å². The van der Waals surface area contributed by atoms with Gasteiger partial charge in [0.1, 0.15) is 6.04 Å². The predicted octanol–water partition coefficient (Wildman–Crippen LogP) is 0.854. The summed E-state index contributed by atoms with van der Waals surface area (Å²) in [5.41, 5.74) is 10.1. The number of amides is 1. The number of unbranched alkanes of at least 4 members (excludes halogenated alkanes) is 1. The molecule has 102 valence electrons. The van der Waals surface area contributed by atoms with E-state index in [2.05, 4.69) is 0 Å². The molecule has 0 aromatic rings. The van der Waals surface area contributed by atoms with Gasteiger partial charge < -0.3 is 11.5 Å². The van der Waals surface area contributed by atoms with E-state index in [0.717, 1.165) is 11.3 Å². The van der Waals surface area contributed by atoms with Crippen molar-refractivity contribution in [3.05, 3.63) is 0 Å². The summed E-state index contributed by atoms with van der Waals surface area (Å²) in [6, 6.07) is -1.69. The zero-order chi connectivity index (χ0) is 13.5. The predicted molar refractivity (Wildman–Crippen MR) is 59.2 cm³/mol. The van der Waals surface area contributed by atoms with E-state index in [1.165, 1.54) is 0 Å². The Morgan fingerprint density at radius 3 is 2.35 bits per heavy atom. The molecule has 0 heterocycles. The zero-order valence-corrected chi connectivity index (χ0v) is 9.96. The maximum atomic E-state index is 12.8. The highest BCUT2D eigenvalue weighted by Crippen LogP contribution is 2.27. The molecule has 7 heteroatoms. The van der Waals surface area contributed by atoms with Gasteiger partial charge in [-0.25, -0.2) is 0 Å². The first kappa shape index (κ1) is 16.2. The largest absolute Gasteiger partial charge is 0.404 e. The van der Waals surface area contributed by atoms with E-state index in [9.17, 15) is 18.0 Å². The Balaban J connectivity index is 4.72. The van der Waals surface area contributed by atoms with E-state index in [1.54, 1.807) is 0 Å². The third-order valence-electron chi connectivity index (χ3n) is 2.42. The van der Waals surface area contributed by atoms with Crippen LogP contribution in [0.25, 0.3) is 0 Å². The molecule has 4 N–H and O–H groups in total. The Bertz CT molecular complexity index is 233. The number of hydrogen-bond acceptors (Lipinski definition) is 3. The maximum Gasteiger partial charge on any atom is 0.404 e. The number of carbonyl (C=O) groups excluding carboxylic acids is 1. The summed E-state index contributed by atoms with van der Waals surface area (Å²) in [5, 5.41) is 0. The summed E-state index contributed by atoms with van der Waals surface area (Å²) >= 11 is 0. The Morgan fingerprint density at radius 2 is 2.00 bits per heavy atom. The number of hydrogen-bond donors (Lipinski definition) is 2. The highest BCUT2D eigenvalue weighted by Gasteiger charge is 2.42. The lowest BCUT2D eigenvalue weighted by Crippen LogP contribution is -2.50. The number of primary amides is 1. The second kappa shape index (κ2) is 7.50. The van der Waals surface area contributed by atoms with Gasteiger partial charge in [0.05, 0.1) is 6.54 Å². The molecule has 1 amide bonds. The van der Waals surface area contributed by atoms with Crippen molar-refractivity contribution >= 4 is 5.91 Å². The first-order valence-corrected chi connectivity index (χ1v) is 5.62. The monoisotopic (exact) mass is 255 g/mol. The Morgan fingerprint density at radius 1 is 1.41 bits per heavy atom. The van der Waals surface area contributed by atoms with Crippen LogP contribution in [-0.2, 0) is 4.79 Å². The molecule has 1 unspecified atom stereocenters. The standard InChI is InChI=1S/C10H20F3N3O/c1-2-3-6-16(7-9(15)17)8(4-5-14)10(11,12)13/h8H,2-7,14H2,1H3,(H2,15,17). The van der Waals surface area contributed by atoms with Gasteiger partial charge in [0, 0.05) is 0 Å². The molecule has 17 heavy (non-hydrogen) atoms. The van der Waals surface area contributed by atoms with Crippen molar-refractivity contribution < 1.29 is 18.0 Å². The van der Waals surface area contributed by atoms with Gasteiger partial charge in [-0.05, 0) is 25.9 Å². The van der Waals surface area contributed by atoms with Gasteiger partial charge in [0.15, 0.2) is 0 Å². The number of nitrogens with zero attached hydrogens (tertiary/aromatic N) is 1. The van der Waals surface area contributed by atoms with Crippen LogP contribution in [0.1, 0.15) is 26.2 Å². The normalized spacial score (nSPS) is 14.0. The molecule has 1 atom stereocenters. The van der Waals surface area contributed by atoms with E-state index >= 15 is 0 Å². The van der Waals surface area contributed by atoms with Crippen molar-refractivity contribution in [3.8, 4) is 0 Å². The third-order valence-corrected chi connectivity index (χ3v) is 2.42. The van der Waals surface area contributed by atoms with Gasteiger partial charge in [0.25, 0.3) is 0 Å². The van der Waals surface area contributed by atoms with Crippen LogP contribution in [0.3, 0.4) is 0 Å².